The van der Waals surface area contributed by atoms with Crippen molar-refractivity contribution in [2.45, 2.75) is 39.7 Å². The highest BCUT2D eigenvalue weighted by Gasteiger charge is 2.12. The zero-order chi connectivity index (χ0) is 12.1. The number of hydrogen-bond donors (Lipinski definition) is 2. The maximum absolute atomic E-state index is 12.0. The number of halogens is 1. The van der Waals surface area contributed by atoms with Gasteiger partial charge in [0.2, 0.25) is 0 Å². The number of carbonyl (C=O) groups is 1. The molecule has 0 saturated carbocycles. The van der Waals surface area contributed by atoms with Crippen LogP contribution >= 0.6 is 12.4 Å². The first-order chi connectivity index (χ1) is 7.58. The van der Waals surface area contributed by atoms with Gasteiger partial charge < -0.3 is 11.1 Å². The number of aryl methyl sites for hydroxylation is 1. The van der Waals surface area contributed by atoms with E-state index < -0.39 is 0 Å². The molecule has 0 aliphatic heterocycles. The predicted molar refractivity (Wildman–Crippen MR) is 74.7 cm³/mol. The minimum absolute atomic E-state index is 0. The summed E-state index contributed by atoms with van der Waals surface area (Å²) < 4.78 is 0. The molecular weight excluding hydrogens is 236 g/mol. The Morgan fingerprint density at radius 3 is 2.47 bits per heavy atom. The van der Waals surface area contributed by atoms with Crippen LogP contribution in [0, 0.1) is 6.92 Å². The molecule has 0 unspecified atom stereocenters. The number of nitrogens with one attached hydrogen (secondary N) is 1. The second-order valence-corrected chi connectivity index (χ2v) is 4.06. The molecule has 0 aliphatic carbocycles. The van der Waals surface area contributed by atoms with Crippen LogP contribution < -0.4 is 11.1 Å². The maximum atomic E-state index is 12.0. The van der Waals surface area contributed by atoms with E-state index in [1.54, 1.807) is 6.07 Å². The molecule has 0 bridgehead atoms. The molecule has 0 aliphatic rings. The average Bonchev–Trinajstić information content (AvgIpc) is 2.28. The van der Waals surface area contributed by atoms with Crippen LogP contribution in [0.15, 0.2) is 18.2 Å². The van der Waals surface area contributed by atoms with E-state index >= 15 is 0 Å². The smallest absolute Gasteiger partial charge is 0.251 e. The third kappa shape index (κ3) is 4.27. The van der Waals surface area contributed by atoms with Crippen LogP contribution in [-0.4, -0.2) is 11.9 Å². The third-order valence-electron chi connectivity index (χ3n) is 2.83. The lowest BCUT2D eigenvalue weighted by Crippen LogP contribution is -2.34. The highest BCUT2D eigenvalue weighted by Crippen LogP contribution is 2.13. The number of benzene rings is 1. The van der Waals surface area contributed by atoms with Crippen molar-refractivity contribution >= 4 is 24.0 Å². The summed E-state index contributed by atoms with van der Waals surface area (Å²) in [4.78, 5) is 12.0. The number of anilines is 1. The Kier molecular flexibility index (Phi) is 6.66. The normalized spacial score (nSPS) is 9.88. The van der Waals surface area contributed by atoms with Gasteiger partial charge in [0.1, 0.15) is 0 Å². The molecule has 1 rings (SSSR count). The second kappa shape index (κ2) is 7.17. The molecular formula is C13H21ClN2O. The third-order valence-corrected chi connectivity index (χ3v) is 2.83. The lowest BCUT2D eigenvalue weighted by Gasteiger charge is -2.15. The van der Waals surface area contributed by atoms with Crippen molar-refractivity contribution in [2.75, 3.05) is 5.73 Å². The molecule has 0 fully saturated rings. The Labute approximate surface area is 109 Å². The first kappa shape index (κ1) is 15.8. The molecule has 4 heteroatoms. The Bertz CT molecular complexity index is 376. The molecule has 0 spiro atoms. The van der Waals surface area contributed by atoms with Gasteiger partial charge in [0.15, 0.2) is 0 Å². The predicted octanol–water partition coefficient (Wildman–Crippen LogP) is 2.92. The van der Waals surface area contributed by atoms with Gasteiger partial charge in [-0.3, -0.25) is 4.79 Å². The van der Waals surface area contributed by atoms with Crippen LogP contribution in [0.2, 0.25) is 0 Å². The molecule has 96 valence electrons. The largest absolute Gasteiger partial charge is 0.399 e. The zero-order valence-electron chi connectivity index (χ0n) is 10.6. The van der Waals surface area contributed by atoms with Gasteiger partial charge in [-0.1, -0.05) is 19.9 Å². The molecule has 1 amide bonds. The van der Waals surface area contributed by atoms with E-state index in [0.29, 0.717) is 11.3 Å². The minimum Gasteiger partial charge on any atom is -0.399 e. The van der Waals surface area contributed by atoms with Crippen LogP contribution in [0.4, 0.5) is 5.69 Å². The molecule has 0 saturated heterocycles. The van der Waals surface area contributed by atoms with Gasteiger partial charge in [0.25, 0.3) is 5.91 Å². The van der Waals surface area contributed by atoms with E-state index in [1.807, 2.05) is 19.1 Å². The quantitative estimate of drug-likeness (QED) is 0.814. The number of carbonyl (C=O) groups excluding carboxylic acids is 1. The molecule has 17 heavy (non-hydrogen) atoms. The van der Waals surface area contributed by atoms with E-state index in [-0.39, 0.29) is 24.4 Å². The fraction of sp³-hybridized carbons (Fsp3) is 0.462. The average molecular weight is 257 g/mol. The highest BCUT2D eigenvalue weighted by molar-refractivity contribution is 5.96. The van der Waals surface area contributed by atoms with Gasteiger partial charge in [0, 0.05) is 17.3 Å². The Morgan fingerprint density at radius 1 is 1.35 bits per heavy atom. The Morgan fingerprint density at radius 2 is 1.94 bits per heavy atom. The lowest BCUT2D eigenvalue weighted by molar-refractivity contribution is 0.0934. The fourth-order valence-corrected chi connectivity index (χ4v) is 1.64. The van der Waals surface area contributed by atoms with Crippen LogP contribution in [0.5, 0.6) is 0 Å². The summed E-state index contributed by atoms with van der Waals surface area (Å²) in [6, 6.07) is 5.65. The van der Waals surface area contributed by atoms with Gasteiger partial charge in [-0.25, -0.2) is 0 Å². The van der Waals surface area contributed by atoms with Gasteiger partial charge in [-0.2, -0.15) is 0 Å². The summed E-state index contributed by atoms with van der Waals surface area (Å²) in [7, 11) is 0. The topological polar surface area (TPSA) is 55.1 Å². The number of amides is 1. The van der Waals surface area contributed by atoms with E-state index in [0.717, 1.165) is 18.4 Å². The summed E-state index contributed by atoms with van der Waals surface area (Å²) in [5, 5.41) is 3.01. The number of rotatable bonds is 4. The van der Waals surface area contributed by atoms with E-state index in [2.05, 4.69) is 19.2 Å². The van der Waals surface area contributed by atoms with Crippen LogP contribution in [0.1, 0.15) is 42.6 Å². The number of nitrogens with two attached hydrogens (primary N) is 1. The summed E-state index contributed by atoms with van der Waals surface area (Å²) in [6.45, 7) is 6.06. The molecule has 1 aromatic carbocycles. The first-order valence-corrected chi connectivity index (χ1v) is 5.75. The zero-order valence-corrected chi connectivity index (χ0v) is 11.4. The Hall–Kier alpha value is -1.22. The standard InChI is InChI=1S/C13H20N2O.ClH/c1-4-11(5-2)15-13(16)12-8-10(14)7-6-9(12)3;/h6-8,11H,4-5,14H2,1-3H3,(H,15,16);1H. The summed E-state index contributed by atoms with van der Waals surface area (Å²) in [6.07, 6.45) is 1.90. The SMILES string of the molecule is CCC(CC)NC(=O)c1cc(N)ccc1C.Cl. The lowest BCUT2D eigenvalue weighted by atomic mass is 10.1. The van der Waals surface area contributed by atoms with Crippen LogP contribution in [0.3, 0.4) is 0 Å². The monoisotopic (exact) mass is 256 g/mol. The number of hydrogen-bond acceptors (Lipinski definition) is 2. The molecule has 3 N–H and O–H groups in total. The summed E-state index contributed by atoms with van der Waals surface area (Å²) in [5.74, 6) is -0.0292. The highest BCUT2D eigenvalue weighted by atomic mass is 35.5. The van der Waals surface area contributed by atoms with Crippen molar-refractivity contribution in [3.8, 4) is 0 Å². The first-order valence-electron chi connectivity index (χ1n) is 5.75. The number of nitrogen functional groups attached to an aromatic ring is 1. The van der Waals surface area contributed by atoms with E-state index in [1.165, 1.54) is 0 Å². The van der Waals surface area contributed by atoms with Crippen molar-refractivity contribution < 1.29 is 4.79 Å². The van der Waals surface area contributed by atoms with Gasteiger partial charge >= 0.3 is 0 Å². The van der Waals surface area contributed by atoms with E-state index in [9.17, 15) is 4.79 Å². The summed E-state index contributed by atoms with van der Waals surface area (Å²) in [5.41, 5.74) is 7.94. The van der Waals surface area contributed by atoms with Gasteiger partial charge in [0.05, 0.1) is 0 Å². The second-order valence-electron chi connectivity index (χ2n) is 4.06. The van der Waals surface area contributed by atoms with Crippen molar-refractivity contribution in [1.82, 2.24) is 5.32 Å². The van der Waals surface area contributed by atoms with Crippen molar-refractivity contribution in [3.63, 3.8) is 0 Å². The molecule has 3 nitrogen and oxygen atoms in total. The van der Waals surface area contributed by atoms with Crippen molar-refractivity contribution in [2.24, 2.45) is 0 Å². The van der Waals surface area contributed by atoms with Gasteiger partial charge in [-0.15, -0.1) is 12.4 Å². The minimum atomic E-state index is -0.0292. The van der Waals surface area contributed by atoms with Crippen molar-refractivity contribution in [3.05, 3.63) is 29.3 Å². The van der Waals surface area contributed by atoms with Crippen LogP contribution in [0.25, 0.3) is 0 Å². The molecule has 0 atom stereocenters. The van der Waals surface area contributed by atoms with Crippen LogP contribution in [-0.2, 0) is 0 Å². The fourth-order valence-electron chi connectivity index (χ4n) is 1.64. The molecule has 1 aromatic rings. The van der Waals surface area contributed by atoms with Crippen molar-refractivity contribution in [1.29, 1.82) is 0 Å². The molecule has 0 aromatic heterocycles. The molecule has 0 heterocycles. The summed E-state index contributed by atoms with van der Waals surface area (Å²) >= 11 is 0. The molecule has 0 radical (unpaired) electrons. The Balaban J connectivity index is 0.00000256. The van der Waals surface area contributed by atoms with Gasteiger partial charge in [-0.05, 0) is 37.5 Å². The maximum Gasteiger partial charge on any atom is 0.251 e. The van der Waals surface area contributed by atoms with E-state index in [4.69, 9.17) is 5.73 Å².